The molecule has 0 saturated carbocycles. The fourth-order valence-electron chi connectivity index (χ4n) is 4.78. The fourth-order valence-corrected chi connectivity index (χ4v) is 6.20. The van der Waals surface area contributed by atoms with E-state index in [1.165, 1.54) is 29.5 Å². The number of anilines is 1. The molecule has 0 spiro atoms. The van der Waals surface area contributed by atoms with E-state index in [4.69, 9.17) is 21.1 Å². The second-order valence-electron chi connectivity index (χ2n) is 9.34. The molecule has 0 saturated heterocycles. The number of halogens is 1. The van der Waals surface area contributed by atoms with Gasteiger partial charge in [0.25, 0.3) is 17.7 Å². The van der Waals surface area contributed by atoms with Gasteiger partial charge in [0.1, 0.15) is 5.00 Å². The van der Waals surface area contributed by atoms with E-state index in [1.807, 2.05) is 0 Å². The Bertz CT molecular complexity index is 1530. The maximum Gasteiger partial charge on any atom is 0.341 e. The van der Waals surface area contributed by atoms with Crippen LogP contribution in [0, 0.1) is 0 Å². The molecule has 9 nitrogen and oxygen atoms in total. The van der Waals surface area contributed by atoms with Crippen LogP contribution in [-0.4, -0.2) is 47.8 Å². The van der Waals surface area contributed by atoms with E-state index in [0.29, 0.717) is 15.6 Å². The lowest BCUT2D eigenvalue weighted by molar-refractivity contribution is -0.119. The molecule has 3 amide bonds. The summed E-state index contributed by atoms with van der Waals surface area (Å²) in [6, 6.07) is 10.9. The Morgan fingerprint density at radius 1 is 0.950 bits per heavy atom. The van der Waals surface area contributed by atoms with Gasteiger partial charge in [-0.25, -0.2) is 9.59 Å². The summed E-state index contributed by atoms with van der Waals surface area (Å²) >= 11 is 7.25. The topological polar surface area (TPSA) is 119 Å². The summed E-state index contributed by atoms with van der Waals surface area (Å²) in [5.74, 6) is -2.93. The molecule has 2 heterocycles. The maximum atomic E-state index is 13.0. The summed E-state index contributed by atoms with van der Waals surface area (Å²) in [5.41, 5.74) is 2.29. The van der Waals surface area contributed by atoms with E-state index in [9.17, 15) is 24.0 Å². The van der Waals surface area contributed by atoms with E-state index in [2.05, 4.69) is 5.32 Å². The second-order valence-corrected chi connectivity index (χ2v) is 10.9. The minimum Gasteiger partial charge on any atom is -0.462 e. The van der Waals surface area contributed by atoms with Gasteiger partial charge in [-0.2, -0.15) is 0 Å². The first-order valence-corrected chi connectivity index (χ1v) is 14.0. The average molecular weight is 581 g/mol. The van der Waals surface area contributed by atoms with Gasteiger partial charge in [0, 0.05) is 9.90 Å². The number of thiophene rings is 1. The van der Waals surface area contributed by atoms with Crippen LogP contribution in [0.2, 0.25) is 5.02 Å². The minimum atomic E-state index is -0.828. The van der Waals surface area contributed by atoms with Crippen LogP contribution in [-0.2, 0) is 33.7 Å². The molecule has 1 aliphatic carbocycles. The first kappa shape index (κ1) is 27.5. The Hall–Kier alpha value is -4.02. The zero-order chi connectivity index (χ0) is 28.4. The van der Waals surface area contributed by atoms with Gasteiger partial charge < -0.3 is 14.8 Å². The highest BCUT2D eigenvalue weighted by molar-refractivity contribution is 7.17. The Labute approximate surface area is 239 Å². The number of hydrogen-bond donors (Lipinski definition) is 1. The molecule has 2 aromatic carbocycles. The van der Waals surface area contributed by atoms with Gasteiger partial charge in [-0.05, 0) is 74.1 Å². The quantitative estimate of drug-likeness (QED) is 0.292. The number of amides is 3. The molecule has 40 heavy (non-hydrogen) atoms. The zero-order valence-electron chi connectivity index (χ0n) is 21.6. The van der Waals surface area contributed by atoms with Crippen molar-refractivity contribution >= 4 is 57.6 Å². The van der Waals surface area contributed by atoms with Crippen LogP contribution in [0.1, 0.15) is 77.2 Å². The number of imide groups is 1. The van der Waals surface area contributed by atoms with Crippen molar-refractivity contribution < 1.29 is 33.4 Å². The third-order valence-electron chi connectivity index (χ3n) is 6.70. The predicted molar refractivity (Wildman–Crippen MR) is 148 cm³/mol. The normalized spacial score (nSPS) is 14.0. The van der Waals surface area contributed by atoms with Crippen molar-refractivity contribution in [3.05, 3.63) is 85.7 Å². The molecular formula is C29H25ClN2O7S. The summed E-state index contributed by atoms with van der Waals surface area (Å²) in [7, 11) is 0. The summed E-state index contributed by atoms with van der Waals surface area (Å²) in [6.45, 7) is 1.38. The summed E-state index contributed by atoms with van der Waals surface area (Å²) in [4.78, 5) is 65.9. The van der Waals surface area contributed by atoms with Gasteiger partial charge in [0.2, 0.25) is 0 Å². The minimum absolute atomic E-state index is 0.0276. The number of ether oxygens (including phenoxy) is 2. The smallest absolute Gasteiger partial charge is 0.341 e. The van der Waals surface area contributed by atoms with Crippen molar-refractivity contribution in [1.29, 1.82) is 0 Å². The highest BCUT2D eigenvalue weighted by atomic mass is 35.5. The molecule has 5 rings (SSSR count). The van der Waals surface area contributed by atoms with Gasteiger partial charge in [-0.15, -0.1) is 11.3 Å². The summed E-state index contributed by atoms with van der Waals surface area (Å²) in [5, 5.41) is 3.61. The standard InChI is InChI=1S/C29H25ClN2O7S/c1-2-38-29(37)24-20-5-3-4-6-22(20)40-25(24)31-23(33)15-39-28(36)17-9-12-19-21(13-17)27(35)32(26(19)34)14-16-7-10-18(30)11-8-16/h7-13H,2-6,14-15H2,1H3,(H,31,33). The number of carbonyl (C=O) groups excluding carboxylic acids is 5. The van der Waals surface area contributed by atoms with Crippen molar-refractivity contribution in [3.63, 3.8) is 0 Å². The predicted octanol–water partition coefficient (Wildman–Crippen LogP) is 5.05. The first-order chi connectivity index (χ1) is 19.3. The van der Waals surface area contributed by atoms with Gasteiger partial charge >= 0.3 is 11.9 Å². The average Bonchev–Trinajstić information content (AvgIpc) is 3.42. The molecule has 1 aliphatic heterocycles. The number of benzene rings is 2. The van der Waals surface area contributed by atoms with E-state index in [1.54, 1.807) is 31.2 Å². The van der Waals surface area contributed by atoms with Crippen LogP contribution in [0.3, 0.4) is 0 Å². The lowest BCUT2D eigenvalue weighted by atomic mass is 9.95. The van der Waals surface area contributed by atoms with Crippen LogP contribution in [0.5, 0.6) is 0 Å². The molecule has 0 bridgehead atoms. The van der Waals surface area contributed by atoms with Gasteiger partial charge in [0.05, 0.1) is 35.4 Å². The maximum absolute atomic E-state index is 13.0. The molecule has 3 aromatic rings. The van der Waals surface area contributed by atoms with Crippen LogP contribution < -0.4 is 5.32 Å². The molecule has 1 N–H and O–H groups in total. The van der Waals surface area contributed by atoms with Gasteiger partial charge in [0.15, 0.2) is 6.61 Å². The lowest BCUT2D eigenvalue weighted by Gasteiger charge is -2.13. The van der Waals surface area contributed by atoms with E-state index >= 15 is 0 Å². The number of nitrogens with one attached hydrogen (secondary N) is 1. The number of aryl methyl sites for hydroxylation is 1. The van der Waals surface area contributed by atoms with Crippen molar-refractivity contribution in [3.8, 4) is 0 Å². The number of fused-ring (bicyclic) bond motifs is 2. The number of esters is 2. The fraction of sp³-hybridized carbons (Fsp3) is 0.276. The summed E-state index contributed by atoms with van der Waals surface area (Å²) < 4.78 is 10.4. The van der Waals surface area contributed by atoms with Gasteiger partial charge in [-0.1, -0.05) is 23.7 Å². The largest absolute Gasteiger partial charge is 0.462 e. The van der Waals surface area contributed by atoms with Crippen molar-refractivity contribution in [1.82, 2.24) is 4.90 Å². The molecule has 0 fully saturated rings. The monoisotopic (exact) mass is 580 g/mol. The highest BCUT2D eigenvalue weighted by Crippen LogP contribution is 2.38. The third-order valence-corrected chi connectivity index (χ3v) is 8.16. The molecule has 0 atom stereocenters. The highest BCUT2D eigenvalue weighted by Gasteiger charge is 2.36. The molecule has 0 unspecified atom stereocenters. The van der Waals surface area contributed by atoms with Crippen LogP contribution >= 0.6 is 22.9 Å². The summed E-state index contributed by atoms with van der Waals surface area (Å²) in [6.07, 6.45) is 3.53. The molecular weight excluding hydrogens is 556 g/mol. The van der Waals surface area contributed by atoms with E-state index < -0.39 is 36.3 Å². The molecule has 0 radical (unpaired) electrons. The van der Waals surface area contributed by atoms with Crippen LogP contribution in [0.4, 0.5) is 5.00 Å². The number of nitrogens with zero attached hydrogens (tertiary/aromatic N) is 1. The first-order valence-electron chi connectivity index (χ1n) is 12.8. The zero-order valence-corrected chi connectivity index (χ0v) is 23.2. The van der Waals surface area contributed by atoms with Gasteiger partial charge in [-0.3, -0.25) is 19.3 Å². The molecule has 2 aliphatic rings. The number of rotatable bonds is 8. The molecule has 11 heteroatoms. The lowest BCUT2D eigenvalue weighted by Crippen LogP contribution is -2.29. The van der Waals surface area contributed by atoms with E-state index in [0.717, 1.165) is 46.6 Å². The third kappa shape index (κ3) is 5.50. The molecule has 1 aromatic heterocycles. The van der Waals surface area contributed by atoms with Crippen molar-refractivity contribution in [2.24, 2.45) is 0 Å². The van der Waals surface area contributed by atoms with E-state index in [-0.39, 0.29) is 29.8 Å². The molecule has 206 valence electrons. The van der Waals surface area contributed by atoms with Crippen molar-refractivity contribution in [2.45, 2.75) is 39.2 Å². The Morgan fingerprint density at radius 2 is 1.68 bits per heavy atom. The Kier molecular flexibility index (Phi) is 7.99. The van der Waals surface area contributed by atoms with Crippen LogP contribution in [0.15, 0.2) is 42.5 Å². The SMILES string of the molecule is CCOC(=O)c1c(NC(=O)COC(=O)c2ccc3c(c2)C(=O)N(Cc2ccc(Cl)cc2)C3=O)sc2c1CCCC2. The Balaban J connectivity index is 1.24. The Morgan fingerprint density at radius 3 is 2.42 bits per heavy atom. The van der Waals surface area contributed by atoms with Crippen molar-refractivity contribution in [2.75, 3.05) is 18.5 Å². The number of carbonyl (C=O) groups is 5. The van der Waals surface area contributed by atoms with Crippen LogP contribution in [0.25, 0.3) is 0 Å². The second kappa shape index (κ2) is 11.6. The number of hydrogen-bond acceptors (Lipinski definition) is 8.